The first-order valence-corrected chi connectivity index (χ1v) is 15.2. The van der Waals surface area contributed by atoms with Gasteiger partial charge >= 0.3 is 5.79 Å². The molecule has 8 nitrogen and oxygen atoms in total. The van der Waals surface area contributed by atoms with Gasteiger partial charge in [-0.1, -0.05) is 23.8 Å². The fraction of sp³-hybridized carbons (Fsp3) is 0.128. The quantitative estimate of drug-likeness (QED) is 0.123. The highest BCUT2D eigenvalue weighted by molar-refractivity contribution is 5.93. The molecule has 0 spiro atoms. The van der Waals surface area contributed by atoms with E-state index in [4.69, 9.17) is 13.9 Å². The summed E-state index contributed by atoms with van der Waals surface area (Å²) in [5, 5.41) is 55.6. The molecule has 2 aliphatic rings. The van der Waals surface area contributed by atoms with Crippen LogP contribution in [0.3, 0.4) is 0 Å². The van der Waals surface area contributed by atoms with Gasteiger partial charge in [0.2, 0.25) is 0 Å². The Balaban J connectivity index is 1.43. The van der Waals surface area contributed by atoms with Crippen molar-refractivity contribution in [1.82, 2.24) is 0 Å². The van der Waals surface area contributed by atoms with Gasteiger partial charge in [-0.3, -0.25) is 0 Å². The largest absolute Gasteiger partial charge is 0.508 e. The Morgan fingerprint density at radius 2 is 1.47 bits per heavy atom. The Hall–Kier alpha value is -6.02. The highest BCUT2D eigenvalue weighted by atomic mass is 16.7. The van der Waals surface area contributed by atoms with Crippen molar-refractivity contribution in [3.8, 4) is 73.8 Å². The molecule has 1 aromatic heterocycles. The number of phenolic OH excluding ortho intramolecular Hbond substituents is 5. The van der Waals surface area contributed by atoms with Crippen LogP contribution in [-0.2, 0) is 12.2 Å². The molecule has 5 N–H and O–H groups in total. The van der Waals surface area contributed by atoms with E-state index in [0.717, 1.165) is 22.1 Å². The molecule has 0 saturated heterocycles. The Morgan fingerprint density at radius 3 is 2.28 bits per heavy atom. The molecule has 3 heterocycles. The molecule has 0 bridgehead atoms. The number of hydrogen-bond donors (Lipinski definition) is 5. The van der Waals surface area contributed by atoms with Crippen LogP contribution in [0.15, 0.2) is 94.9 Å². The van der Waals surface area contributed by atoms with Gasteiger partial charge in [-0.15, -0.1) is 0 Å². The standard InChI is InChI=1S/C39H30O8/c1-19(2)4-8-26-30(42)11-10-29(38(26)44)39-37-27(25-9-7-24(41)18-34(25)46-39)12-20(3)13-28(37)36-31(43)14-22(16-35(36)47-39)32-15-21-5-6-23(40)17-33(21)45-32/h4-7,9-18,40-44H,8H2,1-3H3/t39-/m1/s1. The second kappa shape index (κ2) is 9.99. The Kier molecular flexibility index (Phi) is 6.05. The zero-order valence-corrected chi connectivity index (χ0v) is 25.8. The molecular weight excluding hydrogens is 596 g/mol. The number of phenols is 5. The first kappa shape index (κ1) is 28.5. The smallest absolute Gasteiger partial charge is 0.310 e. The predicted octanol–water partition coefficient (Wildman–Crippen LogP) is 8.76. The van der Waals surface area contributed by atoms with Crippen molar-refractivity contribution in [2.75, 3.05) is 0 Å². The molecule has 234 valence electrons. The van der Waals surface area contributed by atoms with Gasteiger partial charge in [-0.05, 0) is 92.9 Å². The van der Waals surface area contributed by atoms with Crippen LogP contribution in [0.2, 0.25) is 0 Å². The topological polar surface area (TPSA) is 133 Å². The number of benzene rings is 5. The second-order valence-corrected chi connectivity index (χ2v) is 12.4. The Bertz CT molecular complexity index is 2330. The molecule has 0 fully saturated rings. The van der Waals surface area contributed by atoms with E-state index in [1.165, 1.54) is 18.2 Å². The van der Waals surface area contributed by atoms with E-state index in [2.05, 4.69) is 0 Å². The average Bonchev–Trinajstić information content (AvgIpc) is 3.43. The highest BCUT2D eigenvalue weighted by Gasteiger charge is 2.53. The van der Waals surface area contributed by atoms with E-state index in [1.807, 2.05) is 45.0 Å². The number of allylic oxidation sites excluding steroid dienone is 2. The molecule has 8 heteroatoms. The van der Waals surface area contributed by atoms with Crippen LogP contribution in [0.5, 0.6) is 40.2 Å². The first-order chi connectivity index (χ1) is 22.5. The number of hydrogen-bond acceptors (Lipinski definition) is 8. The van der Waals surface area contributed by atoms with Crippen LogP contribution in [0.4, 0.5) is 0 Å². The maximum atomic E-state index is 11.9. The molecule has 0 amide bonds. The monoisotopic (exact) mass is 626 g/mol. The number of furan rings is 1. The van der Waals surface area contributed by atoms with Gasteiger partial charge < -0.3 is 39.4 Å². The van der Waals surface area contributed by atoms with E-state index >= 15 is 0 Å². The summed E-state index contributed by atoms with van der Waals surface area (Å²) in [4.78, 5) is 0. The van der Waals surface area contributed by atoms with Gasteiger partial charge in [-0.25, -0.2) is 0 Å². The zero-order chi connectivity index (χ0) is 32.8. The summed E-state index contributed by atoms with van der Waals surface area (Å²) in [6.07, 6.45) is 2.17. The molecule has 0 saturated carbocycles. The van der Waals surface area contributed by atoms with Gasteiger partial charge in [0.25, 0.3) is 0 Å². The molecule has 2 aliphatic heterocycles. The predicted molar refractivity (Wildman–Crippen MR) is 177 cm³/mol. The Morgan fingerprint density at radius 1 is 0.723 bits per heavy atom. The maximum absolute atomic E-state index is 11.9. The van der Waals surface area contributed by atoms with E-state index in [-0.39, 0.29) is 46.5 Å². The highest BCUT2D eigenvalue weighted by Crippen LogP contribution is 2.60. The summed E-state index contributed by atoms with van der Waals surface area (Å²) in [5.41, 5.74) is 6.52. The second-order valence-electron chi connectivity index (χ2n) is 12.4. The zero-order valence-electron chi connectivity index (χ0n) is 25.8. The minimum atomic E-state index is -1.80. The number of aromatic hydroxyl groups is 5. The number of fused-ring (bicyclic) bond motifs is 5. The first-order valence-electron chi connectivity index (χ1n) is 15.2. The lowest BCUT2D eigenvalue weighted by Gasteiger charge is -2.45. The van der Waals surface area contributed by atoms with Crippen molar-refractivity contribution in [3.05, 3.63) is 113 Å². The lowest BCUT2D eigenvalue weighted by atomic mass is 9.78. The summed E-state index contributed by atoms with van der Waals surface area (Å²) < 4.78 is 19.7. The van der Waals surface area contributed by atoms with Crippen molar-refractivity contribution in [1.29, 1.82) is 0 Å². The summed E-state index contributed by atoms with van der Waals surface area (Å²) in [7, 11) is 0. The number of rotatable bonds is 4. The molecule has 1 atom stereocenters. The van der Waals surface area contributed by atoms with E-state index in [1.54, 1.807) is 42.5 Å². The SMILES string of the molecule is CC(C)=CCc1c(O)ccc([C@]23Oc4cc(O)ccc4-c4cc(C)cc(c42)-c2c(O)cc(-c4cc5ccc(O)cc5o4)cc2O3)c1O. The summed E-state index contributed by atoms with van der Waals surface area (Å²) in [6, 6.07) is 21.8. The minimum Gasteiger partial charge on any atom is -0.508 e. The van der Waals surface area contributed by atoms with Crippen molar-refractivity contribution >= 4 is 11.0 Å². The van der Waals surface area contributed by atoms with Crippen molar-refractivity contribution < 1.29 is 39.4 Å². The van der Waals surface area contributed by atoms with E-state index in [0.29, 0.717) is 50.5 Å². The van der Waals surface area contributed by atoms with Crippen LogP contribution in [0.1, 0.15) is 36.1 Å². The van der Waals surface area contributed by atoms with Gasteiger partial charge in [-0.2, -0.15) is 0 Å². The van der Waals surface area contributed by atoms with E-state index in [9.17, 15) is 25.5 Å². The molecule has 0 radical (unpaired) electrons. The third kappa shape index (κ3) is 4.29. The van der Waals surface area contributed by atoms with E-state index < -0.39 is 5.79 Å². The molecule has 5 aromatic carbocycles. The van der Waals surface area contributed by atoms with Crippen LogP contribution >= 0.6 is 0 Å². The molecule has 6 aromatic rings. The minimum absolute atomic E-state index is 0.0125. The molecule has 8 rings (SSSR count). The van der Waals surface area contributed by atoms with Crippen LogP contribution < -0.4 is 9.47 Å². The third-order valence-corrected chi connectivity index (χ3v) is 8.84. The molecule has 0 unspecified atom stereocenters. The fourth-order valence-electron chi connectivity index (χ4n) is 6.70. The van der Waals surface area contributed by atoms with Crippen LogP contribution in [0, 0.1) is 6.92 Å². The van der Waals surface area contributed by atoms with Crippen molar-refractivity contribution in [3.63, 3.8) is 0 Å². The maximum Gasteiger partial charge on any atom is 0.310 e. The summed E-state index contributed by atoms with van der Waals surface area (Å²) >= 11 is 0. The van der Waals surface area contributed by atoms with Gasteiger partial charge in [0, 0.05) is 39.8 Å². The normalized spacial score (nSPS) is 15.6. The fourth-order valence-corrected chi connectivity index (χ4v) is 6.70. The lowest BCUT2D eigenvalue weighted by molar-refractivity contribution is -0.0893. The number of aryl methyl sites for hydroxylation is 1. The Labute approximate surface area is 269 Å². The molecule has 47 heavy (non-hydrogen) atoms. The van der Waals surface area contributed by atoms with Crippen molar-refractivity contribution in [2.24, 2.45) is 0 Å². The summed E-state index contributed by atoms with van der Waals surface area (Å²) in [6.45, 7) is 5.82. The summed E-state index contributed by atoms with van der Waals surface area (Å²) in [5.74, 6) is -1.06. The van der Waals surface area contributed by atoms with Crippen LogP contribution in [-0.4, -0.2) is 25.5 Å². The van der Waals surface area contributed by atoms with Gasteiger partial charge in [0.1, 0.15) is 51.6 Å². The van der Waals surface area contributed by atoms with Gasteiger partial charge in [0.05, 0.1) is 16.7 Å². The van der Waals surface area contributed by atoms with Gasteiger partial charge in [0.15, 0.2) is 0 Å². The van der Waals surface area contributed by atoms with Crippen molar-refractivity contribution in [2.45, 2.75) is 33.0 Å². The average molecular weight is 627 g/mol. The number of ether oxygens (including phenoxy) is 2. The molecule has 0 aliphatic carbocycles. The lowest BCUT2D eigenvalue weighted by Crippen LogP contribution is -2.45. The van der Waals surface area contributed by atoms with Crippen LogP contribution in [0.25, 0.3) is 44.5 Å². The third-order valence-electron chi connectivity index (χ3n) is 8.84. The molecular formula is C39H30O8.